The van der Waals surface area contributed by atoms with Gasteiger partial charge in [-0.15, -0.1) is 0 Å². The summed E-state index contributed by atoms with van der Waals surface area (Å²) in [6.45, 7) is 0. The third-order valence-electron chi connectivity index (χ3n) is 1.97. The van der Waals surface area contributed by atoms with E-state index in [4.69, 9.17) is 0 Å². The Hall–Kier alpha value is -0.740. The summed E-state index contributed by atoms with van der Waals surface area (Å²) in [4.78, 5) is 4.11. The molecule has 1 aromatic carbocycles. The van der Waals surface area contributed by atoms with E-state index in [1.54, 1.807) is 12.3 Å². The zero-order valence-corrected chi connectivity index (χ0v) is 10.7. The summed E-state index contributed by atoms with van der Waals surface area (Å²) in [5.41, 5.74) is 1.65. The molecule has 0 amide bonds. The fourth-order valence-corrected chi connectivity index (χ4v) is 2.68. The molecule has 0 saturated heterocycles. The van der Waals surface area contributed by atoms with Gasteiger partial charge in [0.2, 0.25) is 0 Å². The molecule has 2 aromatic rings. The van der Waals surface area contributed by atoms with Crippen LogP contribution in [-0.4, -0.2) is 4.98 Å². The zero-order valence-electron chi connectivity index (χ0n) is 7.55. The first-order valence-electron chi connectivity index (χ1n) is 4.24. The molecule has 0 saturated carbocycles. The number of rotatable bonds is 1. The van der Waals surface area contributed by atoms with Crippen molar-refractivity contribution in [2.24, 2.45) is 0 Å². The van der Waals surface area contributed by atoms with Crippen LogP contribution in [0.5, 0.6) is 0 Å². The number of nitrogens with zero attached hydrogens (tertiary/aromatic N) is 1. The molecule has 0 spiro atoms. The van der Waals surface area contributed by atoms with Crippen molar-refractivity contribution in [3.63, 3.8) is 0 Å². The lowest BCUT2D eigenvalue weighted by Crippen LogP contribution is -1.86. The van der Waals surface area contributed by atoms with E-state index in [0.717, 1.165) is 15.6 Å². The summed E-state index contributed by atoms with van der Waals surface area (Å²) in [7, 11) is 0. The maximum Gasteiger partial charge on any atom is 0.123 e. The quantitative estimate of drug-likeness (QED) is 0.706. The first-order valence-corrected chi connectivity index (χ1v) is 5.83. The molecule has 0 bridgehead atoms. The van der Waals surface area contributed by atoms with Crippen LogP contribution in [0.25, 0.3) is 11.1 Å². The second-order valence-electron chi connectivity index (χ2n) is 2.97. The minimum absolute atomic E-state index is 0.254. The molecule has 76 valence electrons. The number of pyridine rings is 1. The van der Waals surface area contributed by atoms with Gasteiger partial charge in [-0.3, -0.25) is 0 Å². The van der Waals surface area contributed by atoms with Crippen LogP contribution in [0.3, 0.4) is 0 Å². The fourth-order valence-electron chi connectivity index (χ4n) is 1.32. The summed E-state index contributed by atoms with van der Waals surface area (Å²) < 4.78 is 14.6. The smallest absolute Gasteiger partial charge is 0.123 e. The molecular formula is C11H6Br2FN. The number of aromatic nitrogens is 1. The Balaban J connectivity index is 2.63. The molecule has 2 rings (SSSR count). The topological polar surface area (TPSA) is 12.9 Å². The largest absolute Gasteiger partial charge is 0.249 e. The Labute approximate surface area is 104 Å². The predicted molar refractivity (Wildman–Crippen MR) is 65.0 cm³/mol. The van der Waals surface area contributed by atoms with Gasteiger partial charge in [0.15, 0.2) is 0 Å². The second-order valence-corrected chi connectivity index (χ2v) is 4.57. The van der Waals surface area contributed by atoms with Crippen molar-refractivity contribution in [1.29, 1.82) is 0 Å². The lowest BCUT2D eigenvalue weighted by molar-refractivity contribution is 0.628. The maximum absolute atomic E-state index is 13.1. The summed E-state index contributed by atoms with van der Waals surface area (Å²) in [5, 5.41) is 0. The van der Waals surface area contributed by atoms with E-state index >= 15 is 0 Å². The third-order valence-corrected chi connectivity index (χ3v) is 3.23. The van der Waals surface area contributed by atoms with Gasteiger partial charge in [-0.2, -0.15) is 0 Å². The van der Waals surface area contributed by atoms with Crippen molar-refractivity contribution in [3.05, 3.63) is 51.4 Å². The molecule has 0 unspecified atom stereocenters. The van der Waals surface area contributed by atoms with Crippen LogP contribution in [0.2, 0.25) is 0 Å². The summed E-state index contributed by atoms with van der Waals surface area (Å²) in [6, 6.07) is 8.24. The average Bonchev–Trinajstić information content (AvgIpc) is 2.17. The SMILES string of the molecule is Fc1cccc(-c2c(Br)ccnc2Br)c1. The molecule has 0 radical (unpaired) electrons. The molecule has 0 N–H and O–H groups in total. The Morgan fingerprint density at radius 2 is 1.93 bits per heavy atom. The number of hydrogen-bond acceptors (Lipinski definition) is 1. The Morgan fingerprint density at radius 1 is 1.13 bits per heavy atom. The normalized spacial score (nSPS) is 10.3. The zero-order chi connectivity index (χ0) is 10.8. The van der Waals surface area contributed by atoms with Gasteiger partial charge in [-0.05, 0) is 55.6 Å². The van der Waals surface area contributed by atoms with E-state index in [2.05, 4.69) is 36.8 Å². The van der Waals surface area contributed by atoms with Gasteiger partial charge in [0.1, 0.15) is 10.4 Å². The highest BCUT2D eigenvalue weighted by atomic mass is 79.9. The van der Waals surface area contributed by atoms with Gasteiger partial charge in [0, 0.05) is 16.2 Å². The summed E-state index contributed by atoms with van der Waals surface area (Å²) in [6.07, 6.45) is 1.68. The molecule has 0 atom stereocenters. The lowest BCUT2D eigenvalue weighted by atomic mass is 10.1. The molecule has 0 aliphatic carbocycles. The fraction of sp³-hybridized carbons (Fsp3) is 0. The molecule has 0 aliphatic rings. The van der Waals surface area contributed by atoms with E-state index in [1.165, 1.54) is 12.1 Å². The number of halogens is 3. The Bertz CT molecular complexity index is 479. The van der Waals surface area contributed by atoms with Crippen LogP contribution < -0.4 is 0 Å². The second kappa shape index (κ2) is 4.41. The van der Waals surface area contributed by atoms with E-state index in [1.807, 2.05) is 12.1 Å². The van der Waals surface area contributed by atoms with E-state index < -0.39 is 0 Å². The van der Waals surface area contributed by atoms with Crippen LogP contribution >= 0.6 is 31.9 Å². The standard InChI is InChI=1S/C11H6Br2FN/c12-9-4-5-15-11(13)10(9)7-2-1-3-8(14)6-7/h1-6H. The summed E-state index contributed by atoms with van der Waals surface area (Å²) >= 11 is 6.76. The van der Waals surface area contributed by atoms with Gasteiger partial charge in [0.05, 0.1) is 0 Å². The first kappa shape index (κ1) is 10.8. The Kier molecular flexibility index (Phi) is 3.17. The number of hydrogen-bond donors (Lipinski definition) is 0. The molecule has 1 aromatic heterocycles. The highest BCUT2D eigenvalue weighted by molar-refractivity contribution is 9.11. The molecule has 0 aliphatic heterocycles. The monoisotopic (exact) mass is 329 g/mol. The molecule has 1 heterocycles. The summed E-state index contributed by atoms with van der Waals surface area (Å²) in [5.74, 6) is -0.254. The molecular weight excluding hydrogens is 325 g/mol. The van der Waals surface area contributed by atoms with Crippen LogP contribution in [0.15, 0.2) is 45.6 Å². The van der Waals surface area contributed by atoms with Crippen molar-refractivity contribution in [1.82, 2.24) is 4.98 Å². The molecule has 1 nitrogen and oxygen atoms in total. The molecule has 4 heteroatoms. The number of benzene rings is 1. The highest BCUT2D eigenvalue weighted by Gasteiger charge is 2.08. The molecule has 0 fully saturated rings. The van der Waals surface area contributed by atoms with Crippen molar-refractivity contribution in [2.75, 3.05) is 0 Å². The van der Waals surface area contributed by atoms with Gasteiger partial charge >= 0.3 is 0 Å². The van der Waals surface area contributed by atoms with Crippen LogP contribution in [0.4, 0.5) is 4.39 Å². The van der Waals surface area contributed by atoms with Crippen LogP contribution in [0, 0.1) is 5.82 Å². The van der Waals surface area contributed by atoms with Gasteiger partial charge < -0.3 is 0 Å². The first-order chi connectivity index (χ1) is 7.18. The van der Waals surface area contributed by atoms with Gasteiger partial charge in [-0.1, -0.05) is 12.1 Å². The third kappa shape index (κ3) is 2.26. The van der Waals surface area contributed by atoms with Crippen LogP contribution in [0.1, 0.15) is 0 Å². The van der Waals surface area contributed by atoms with E-state index in [0.29, 0.717) is 4.60 Å². The van der Waals surface area contributed by atoms with Crippen molar-refractivity contribution in [2.45, 2.75) is 0 Å². The lowest BCUT2D eigenvalue weighted by Gasteiger charge is -2.06. The highest BCUT2D eigenvalue weighted by Crippen LogP contribution is 2.33. The Morgan fingerprint density at radius 3 is 2.60 bits per heavy atom. The van der Waals surface area contributed by atoms with Crippen LogP contribution in [-0.2, 0) is 0 Å². The van der Waals surface area contributed by atoms with E-state index in [-0.39, 0.29) is 5.82 Å². The van der Waals surface area contributed by atoms with Crippen molar-refractivity contribution < 1.29 is 4.39 Å². The van der Waals surface area contributed by atoms with Crippen molar-refractivity contribution >= 4 is 31.9 Å². The minimum atomic E-state index is -0.254. The predicted octanol–water partition coefficient (Wildman–Crippen LogP) is 4.41. The average molecular weight is 331 g/mol. The maximum atomic E-state index is 13.1. The van der Waals surface area contributed by atoms with Gasteiger partial charge in [-0.25, -0.2) is 9.37 Å². The minimum Gasteiger partial charge on any atom is -0.249 e. The molecule has 15 heavy (non-hydrogen) atoms. The van der Waals surface area contributed by atoms with E-state index in [9.17, 15) is 4.39 Å². The van der Waals surface area contributed by atoms with Gasteiger partial charge in [0.25, 0.3) is 0 Å². The van der Waals surface area contributed by atoms with Crippen molar-refractivity contribution in [3.8, 4) is 11.1 Å².